The highest BCUT2D eigenvalue weighted by atomic mass is 19.3. The van der Waals surface area contributed by atoms with Gasteiger partial charge in [0.05, 0.1) is 17.9 Å². The van der Waals surface area contributed by atoms with E-state index in [2.05, 4.69) is 20.1 Å². The predicted octanol–water partition coefficient (Wildman–Crippen LogP) is 2.18. The van der Waals surface area contributed by atoms with Crippen molar-refractivity contribution in [1.29, 1.82) is 0 Å². The molecule has 0 unspecified atom stereocenters. The molecule has 6 nitrogen and oxygen atoms in total. The topological polar surface area (TPSA) is 82.3 Å². The number of hydrazine groups is 1. The number of rotatable bonds is 6. The van der Waals surface area contributed by atoms with Crippen molar-refractivity contribution in [1.82, 2.24) is 9.97 Å². The third-order valence-corrected chi connectivity index (χ3v) is 2.56. The number of alkyl halides is 2. The number of halogens is 2. The van der Waals surface area contributed by atoms with Gasteiger partial charge >= 0.3 is 6.61 Å². The minimum Gasteiger partial charge on any atom is -0.434 e. The van der Waals surface area contributed by atoms with Crippen LogP contribution in [0.2, 0.25) is 0 Å². The van der Waals surface area contributed by atoms with E-state index in [1.54, 1.807) is 24.3 Å². The molecule has 0 spiro atoms. The molecular formula is C13H14F2N4O2. The SMILES string of the molecule is COCc1cc(NN)nc(-c2ccccc2OC(F)F)n1. The monoisotopic (exact) mass is 296 g/mol. The van der Waals surface area contributed by atoms with Crippen LogP contribution in [0.5, 0.6) is 5.75 Å². The molecule has 21 heavy (non-hydrogen) atoms. The Kier molecular flexibility index (Phi) is 4.96. The van der Waals surface area contributed by atoms with E-state index < -0.39 is 6.61 Å². The van der Waals surface area contributed by atoms with Crippen LogP contribution in [0, 0.1) is 0 Å². The van der Waals surface area contributed by atoms with Crippen LogP contribution >= 0.6 is 0 Å². The Hall–Kier alpha value is -2.32. The second kappa shape index (κ2) is 6.91. The van der Waals surface area contributed by atoms with E-state index >= 15 is 0 Å². The molecule has 1 aromatic heterocycles. The molecule has 1 heterocycles. The molecule has 0 aliphatic rings. The van der Waals surface area contributed by atoms with Crippen molar-refractivity contribution < 1.29 is 18.3 Å². The number of para-hydroxylation sites is 1. The van der Waals surface area contributed by atoms with E-state index in [1.165, 1.54) is 13.2 Å². The third kappa shape index (κ3) is 3.83. The molecule has 2 rings (SSSR count). The van der Waals surface area contributed by atoms with Crippen molar-refractivity contribution in [2.24, 2.45) is 5.84 Å². The van der Waals surface area contributed by atoms with E-state index in [9.17, 15) is 8.78 Å². The smallest absolute Gasteiger partial charge is 0.387 e. The molecule has 2 aromatic rings. The fourth-order valence-electron chi connectivity index (χ4n) is 1.76. The lowest BCUT2D eigenvalue weighted by molar-refractivity contribution is -0.0494. The van der Waals surface area contributed by atoms with Gasteiger partial charge in [0.25, 0.3) is 0 Å². The number of methoxy groups -OCH3 is 1. The van der Waals surface area contributed by atoms with Gasteiger partial charge < -0.3 is 14.9 Å². The third-order valence-electron chi connectivity index (χ3n) is 2.56. The van der Waals surface area contributed by atoms with E-state index in [0.29, 0.717) is 17.1 Å². The van der Waals surface area contributed by atoms with Crippen molar-refractivity contribution >= 4 is 5.82 Å². The highest BCUT2D eigenvalue weighted by molar-refractivity contribution is 5.65. The Balaban J connectivity index is 2.47. The predicted molar refractivity (Wildman–Crippen MR) is 72.6 cm³/mol. The van der Waals surface area contributed by atoms with Crippen molar-refractivity contribution in [2.75, 3.05) is 12.5 Å². The maximum atomic E-state index is 12.4. The van der Waals surface area contributed by atoms with Gasteiger partial charge in [0.15, 0.2) is 5.82 Å². The molecule has 0 aliphatic carbocycles. The Bertz CT molecular complexity index is 610. The first kappa shape index (κ1) is 15.1. The molecule has 112 valence electrons. The van der Waals surface area contributed by atoms with E-state index in [0.717, 1.165) is 0 Å². The zero-order valence-electron chi connectivity index (χ0n) is 11.2. The fourth-order valence-corrected chi connectivity index (χ4v) is 1.76. The summed E-state index contributed by atoms with van der Waals surface area (Å²) >= 11 is 0. The lowest BCUT2D eigenvalue weighted by Crippen LogP contribution is -2.11. The van der Waals surface area contributed by atoms with E-state index in [-0.39, 0.29) is 18.2 Å². The Morgan fingerprint density at radius 3 is 2.71 bits per heavy atom. The molecular weight excluding hydrogens is 282 g/mol. The molecule has 0 bridgehead atoms. The van der Waals surface area contributed by atoms with Crippen LogP contribution in [0.15, 0.2) is 30.3 Å². The molecule has 3 N–H and O–H groups in total. The van der Waals surface area contributed by atoms with E-state index in [1.807, 2.05) is 0 Å². The standard InChI is InChI=1S/C13H14F2N4O2/c1-20-7-8-6-11(19-16)18-12(17-8)9-4-2-3-5-10(9)21-13(14)15/h2-6,13H,7,16H2,1H3,(H,17,18,19). The summed E-state index contributed by atoms with van der Waals surface area (Å²) in [4.78, 5) is 8.40. The first-order valence-corrected chi connectivity index (χ1v) is 6.01. The van der Waals surface area contributed by atoms with Crippen LogP contribution < -0.4 is 16.0 Å². The van der Waals surface area contributed by atoms with Crippen LogP contribution in [-0.4, -0.2) is 23.7 Å². The lowest BCUT2D eigenvalue weighted by Gasteiger charge is -2.11. The van der Waals surface area contributed by atoms with Crippen LogP contribution in [0.4, 0.5) is 14.6 Å². The summed E-state index contributed by atoms with van der Waals surface area (Å²) in [6, 6.07) is 7.87. The van der Waals surface area contributed by atoms with Crippen LogP contribution in [-0.2, 0) is 11.3 Å². The zero-order valence-corrected chi connectivity index (χ0v) is 11.2. The number of anilines is 1. The highest BCUT2D eigenvalue weighted by Crippen LogP contribution is 2.29. The van der Waals surface area contributed by atoms with Crippen molar-refractivity contribution in [2.45, 2.75) is 13.2 Å². The highest BCUT2D eigenvalue weighted by Gasteiger charge is 2.14. The first-order valence-electron chi connectivity index (χ1n) is 6.01. The van der Waals surface area contributed by atoms with Crippen molar-refractivity contribution in [3.8, 4) is 17.1 Å². The van der Waals surface area contributed by atoms with E-state index in [4.69, 9.17) is 10.6 Å². The van der Waals surface area contributed by atoms with Gasteiger partial charge in [-0.15, -0.1) is 0 Å². The summed E-state index contributed by atoms with van der Waals surface area (Å²) < 4.78 is 34.4. The van der Waals surface area contributed by atoms with Gasteiger partial charge in [-0.1, -0.05) is 12.1 Å². The van der Waals surface area contributed by atoms with Gasteiger partial charge in [0, 0.05) is 13.2 Å². The van der Waals surface area contributed by atoms with Crippen LogP contribution in [0.25, 0.3) is 11.4 Å². The fraction of sp³-hybridized carbons (Fsp3) is 0.231. The summed E-state index contributed by atoms with van der Waals surface area (Å²) in [6.07, 6.45) is 0. The zero-order chi connectivity index (χ0) is 15.2. The van der Waals surface area contributed by atoms with Gasteiger partial charge in [-0.05, 0) is 12.1 Å². The average molecular weight is 296 g/mol. The first-order chi connectivity index (χ1) is 10.1. The maximum absolute atomic E-state index is 12.4. The summed E-state index contributed by atoms with van der Waals surface area (Å²) in [7, 11) is 1.52. The molecule has 8 heteroatoms. The molecule has 0 amide bonds. The van der Waals surface area contributed by atoms with Crippen LogP contribution in [0.3, 0.4) is 0 Å². The molecule has 0 atom stereocenters. The van der Waals surface area contributed by atoms with Crippen molar-refractivity contribution in [3.05, 3.63) is 36.0 Å². The second-order valence-corrected chi connectivity index (χ2v) is 4.02. The number of aromatic nitrogens is 2. The normalized spacial score (nSPS) is 10.7. The van der Waals surface area contributed by atoms with Crippen molar-refractivity contribution in [3.63, 3.8) is 0 Å². The molecule has 0 saturated carbocycles. The summed E-state index contributed by atoms with van der Waals surface area (Å²) in [5.74, 6) is 5.90. The van der Waals surface area contributed by atoms with Gasteiger partial charge in [0.2, 0.25) is 0 Å². The summed E-state index contributed by atoms with van der Waals surface area (Å²) in [6.45, 7) is -2.69. The molecule has 0 saturated heterocycles. The number of ether oxygens (including phenoxy) is 2. The van der Waals surface area contributed by atoms with Gasteiger partial charge in [0.1, 0.15) is 11.6 Å². The molecule has 0 aliphatic heterocycles. The summed E-state index contributed by atoms with van der Waals surface area (Å²) in [5.41, 5.74) is 3.30. The Morgan fingerprint density at radius 2 is 2.05 bits per heavy atom. The number of nitrogen functional groups attached to an aromatic ring is 1. The Morgan fingerprint density at radius 1 is 1.29 bits per heavy atom. The van der Waals surface area contributed by atoms with Gasteiger partial charge in [-0.3, -0.25) is 0 Å². The summed E-state index contributed by atoms with van der Waals surface area (Å²) in [5, 5.41) is 0. The quantitative estimate of drug-likeness (QED) is 0.628. The number of nitrogens with zero attached hydrogens (tertiary/aromatic N) is 2. The largest absolute Gasteiger partial charge is 0.434 e. The molecule has 1 aromatic carbocycles. The number of hydrogen-bond acceptors (Lipinski definition) is 6. The van der Waals surface area contributed by atoms with Gasteiger partial charge in [-0.2, -0.15) is 8.78 Å². The molecule has 0 radical (unpaired) electrons. The maximum Gasteiger partial charge on any atom is 0.387 e. The number of hydrogen-bond donors (Lipinski definition) is 2. The number of benzene rings is 1. The number of nitrogens with two attached hydrogens (primary N) is 1. The Labute approximate surface area is 119 Å². The average Bonchev–Trinajstić information content (AvgIpc) is 2.47. The molecule has 0 fully saturated rings. The van der Waals surface area contributed by atoms with Crippen LogP contribution in [0.1, 0.15) is 5.69 Å². The number of nitrogens with one attached hydrogen (secondary N) is 1. The second-order valence-electron chi connectivity index (χ2n) is 4.02. The lowest BCUT2D eigenvalue weighted by atomic mass is 10.2. The minimum atomic E-state index is -2.93. The van der Waals surface area contributed by atoms with Gasteiger partial charge in [-0.25, -0.2) is 15.8 Å². The minimum absolute atomic E-state index is 0.00922.